The quantitative estimate of drug-likeness (QED) is 0.353. The predicted molar refractivity (Wildman–Crippen MR) is 133 cm³/mol. The van der Waals surface area contributed by atoms with Crippen LogP contribution in [0, 0.1) is 0 Å². The van der Waals surface area contributed by atoms with E-state index >= 15 is 0 Å². The van der Waals surface area contributed by atoms with Crippen LogP contribution >= 0.6 is 11.6 Å². The third-order valence-corrected chi connectivity index (χ3v) is 6.14. The van der Waals surface area contributed by atoms with Crippen LogP contribution in [-0.4, -0.2) is 32.4 Å². The van der Waals surface area contributed by atoms with Gasteiger partial charge in [0, 0.05) is 23.9 Å². The van der Waals surface area contributed by atoms with Crippen molar-refractivity contribution in [1.82, 2.24) is 5.32 Å². The first kappa shape index (κ1) is 23.8. The number of rotatable bonds is 11. The van der Waals surface area contributed by atoms with E-state index in [1.807, 2.05) is 36.4 Å². The second-order valence-electron chi connectivity index (χ2n) is 8.39. The van der Waals surface area contributed by atoms with Gasteiger partial charge in [-0.1, -0.05) is 66.2 Å². The molecule has 1 aliphatic rings. The maximum absolute atomic E-state index is 6.29. The fourth-order valence-corrected chi connectivity index (χ4v) is 4.36. The molecule has 1 N–H and O–H groups in total. The molecule has 0 amide bonds. The fourth-order valence-electron chi connectivity index (χ4n) is 4.14. The minimum Gasteiger partial charge on any atom is -0.494 e. The minimum absolute atomic E-state index is 0.131. The van der Waals surface area contributed by atoms with Gasteiger partial charge in [0.1, 0.15) is 5.75 Å². The van der Waals surface area contributed by atoms with Crippen LogP contribution in [0.1, 0.15) is 35.4 Å². The summed E-state index contributed by atoms with van der Waals surface area (Å²) >= 11 is 6.11. The van der Waals surface area contributed by atoms with E-state index in [0.29, 0.717) is 32.3 Å². The van der Waals surface area contributed by atoms with E-state index in [4.69, 9.17) is 25.8 Å². The molecule has 1 heterocycles. The van der Waals surface area contributed by atoms with Gasteiger partial charge in [-0.2, -0.15) is 0 Å². The minimum atomic E-state index is 0.131. The third-order valence-electron chi connectivity index (χ3n) is 5.90. The van der Waals surface area contributed by atoms with E-state index in [1.54, 1.807) is 0 Å². The highest BCUT2D eigenvalue weighted by Gasteiger charge is 2.27. The van der Waals surface area contributed by atoms with Gasteiger partial charge in [-0.15, -0.1) is 0 Å². The van der Waals surface area contributed by atoms with Crippen LogP contribution in [-0.2, 0) is 22.7 Å². The molecule has 0 bridgehead atoms. The molecule has 0 saturated carbocycles. The van der Waals surface area contributed by atoms with Crippen molar-refractivity contribution in [2.75, 3.05) is 26.3 Å². The average molecular weight is 466 g/mol. The van der Waals surface area contributed by atoms with Crippen molar-refractivity contribution in [2.45, 2.75) is 38.1 Å². The van der Waals surface area contributed by atoms with Crippen LogP contribution in [0.3, 0.4) is 0 Å². The first-order valence-corrected chi connectivity index (χ1v) is 12.1. The predicted octanol–water partition coefficient (Wildman–Crippen LogP) is 5.99. The molecule has 4 nitrogen and oxygen atoms in total. The molecule has 174 valence electrons. The summed E-state index contributed by atoms with van der Waals surface area (Å²) in [7, 11) is 0. The van der Waals surface area contributed by atoms with Gasteiger partial charge < -0.3 is 19.5 Å². The molecule has 0 aromatic heterocycles. The number of ether oxygens (including phenoxy) is 3. The Bertz CT molecular complexity index is 964. The second kappa shape index (κ2) is 12.8. The number of hydrogen-bond acceptors (Lipinski definition) is 4. The van der Waals surface area contributed by atoms with Crippen LogP contribution in [0.4, 0.5) is 0 Å². The van der Waals surface area contributed by atoms with E-state index in [1.165, 1.54) is 11.1 Å². The molecule has 1 saturated heterocycles. The SMILES string of the molecule is Clc1cccc(COC2CNCCC2c2ccc(OCCCOCc3ccccc3)cc2)c1. The van der Waals surface area contributed by atoms with Gasteiger partial charge >= 0.3 is 0 Å². The van der Waals surface area contributed by atoms with Gasteiger partial charge in [0.25, 0.3) is 0 Å². The van der Waals surface area contributed by atoms with Crippen molar-refractivity contribution in [3.8, 4) is 5.75 Å². The maximum atomic E-state index is 6.29. The van der Waals surface area contributed by atoms with Crippen molar-refractivity contribution < 1.29 is 14.2 Å². The summed E-state index contributed by atoms with van der Waals surface area (Å²) in [4.78, 5) is 0. The maximum Gasteiger partial charge on any atom is 0.119 e. The van der Waals surface area contributed by atoms with Crippen molar-refractivity contribution in [1.29, 1.82) is 0 Å². The standard InChI is InChI=1S/C28H32ClNO3/c29-25-9-4-8-23(18-25)21-33-28-19-30-15-14-27(28)24-10-12-26(13-11-24)32-17-5-16-31-20-22-6-2-1-3-7-22/h1-4,6-13,18,27-28,30H,5,14-17,19-21H2. The Morgan fingerprint density at radius 3 is 2.48 bits per heavy atom. The van der Waals surface area contributed by atoms with Gasteiger partial charge in [-0.25, -0.2) is 0 Å². The van der Waals surface area contributed by atoms with Crippen molar-refractivity contribution in [2.24, 2.45) is 0 Å². The molecule has 4 rings (SSSR count). The molecule has 5 heteroatoms. The molecule has 0 radical (unpaired) electrons. The highest BCUT2D eigenvalue weighted by molar-refractivity contribution is 6.30. The number of nitrogens with one attached hydrogen (secondary N) is 1. The summed E-state index contributed by atoms with van der Waals surface area (Å²) in [6, 6.07) is 26.6. The lowest BCUT2D eigenvalue weighted by molar-refractivity contribution is 0.0106. The Labute approximate surface area is 201 Å². The van der Waals surface area contributed by atoms with Crippen LogP contribution < -0.4 is 10.1 Å². The normalized spacial score (nSPS) is 18.2. The van der Waals surface area contributed by atoms with Crippen molar-refractivity contribution >= 4 is 11.6 Å². The van der Waals surface area contributed by atoms with Crippen molar-refractivity contribution in [3.05, 3.63) is 101 Å². The van der Waals surface area contributed by atoms with Gasteiger partial charge in [-0.3, -0.25) is 0 Å². The summed E-state index contributed by atoms with van der Waals surface area (Å²) < 4.78 is 17.9. The largest absolute Gasteiger partial charge is 0.494 e. The Morgan fingerprint density at radius 2 is 1.67 bits per heavy atom. The third kappa shape index (κ3) is 7.58. The summed E-state index contributed by atoms with van der Waals surface area (Å²) in [5.41, 5.74) is 3.59. The lowest BCUT2D eigenvalue weighted by Gasteiger charge is -2.32. The topological polar surface area (TPSA) is 39.7 Å². The monoisotopic (exact) mass is 465 g/mol. The average Bonchev–Trinajstić information content (AvgIpc) is 2.86. The molecule has 33 heavy (non-hydrogen) atoms. The second-order valence-corrected chi connectivity index (χ2v) is 8.82. The zero-order valence-corrected chi connectivity index (χ0v) is 19.7. The first-order chi connectivity index (χ1) is 16.3. The highest BCUT2D eigenvalue weighted by atomic mass is 35.5. The van der Waals surface area contributed by atoms with Gasteiger partial charge in [0.05, 0.1) is 32.5 Å². The lowest BCUT2D eigenvalue weighted by atomic mass is 9.87. The smallest absolute Gasteiger partial charge is 0.119 e. The van der Waals surface area contributed by atoms with E-state index < -0.39 is 0 Å². The van der Waals surface area contributed by atoms with Crippen molar-refractivity contribution in [3.63, 3.8) is 0 Å². The van der Waals surface area contributed by atoms with Crippen LogP contribution in [0.25, 0.3) is 0 Å². The van der Waals surface area contributed by atoms with E-state index in [9.17, 15) is 0 Å². The van der Waals surface area contributed by atoms with Gasteiger partial charge in [-0.05, 0) is 53.9 Å². The van der Waals surface area contributed by atoms with Crippen LogP contribution in [0.15, 0.2) is 78.9 Å². The number of benzene rings is 3. The van der Waals surface area contributed by atoms with E-state index in [0.717, 1.165) is 42.3 Å². The Hall–Kier alpha value is -2.37. The molecule has 0 aliphatic carbocycles. The number of halogens is 1. The van der Waals surface area contributed by atoms with Gasteiger partial charge in [0.15, 0.2) is 0 Å². The lowest BCUT2D eigenvalue weighted by Crippen LogP contribution is -2.40. The molecule has 3 aromatic carbocycles. The Kier molecular flexibility index (Phi) is 9.19. The van der Waals surface area contributed by atoms with Crippen LogP contribution in [0.5, 0.6) is 5.75 Å². The summed E-state index contributed by atoms with van der Waals surface area (Å²) in [5, 5.41) is 4.20. The van der Waals surface area contributed by atoms with Gasteiger partial charge in [0.2, 0.25) is 0 Å². The zero-order chi connectivity index (χ0) is 22.7. The molecule has 2 unspecified atom stereocenters. The number of piperidine rings is 1. The van der Waals surface area contributed by atoms with Crippen LogP contribution in [0.2, 0.25) is 5.02 Å². The molecule has 1 fully saturated rings. The number of hydrogen-bond donors (Lipinski definition) is 1. The zero-order valence-electron chi connectivity index (χ0n) is 18.9. The molecular weight excluding hydrogens is 434 g/mol. The Morgan fingerprint density at radius 1 is 0.848 bits per heavy atom. The molecule has 0 spiro atoms. The molecule has 3 aromatic rings. The fraction of sp³-hybridized carbons (Fsp3) is 0.357. The molecule has 2 atom stereocenters. The highest BCUT2D eigenvalue weighted by Crippen LogP contribution is 2.30. The summed E-state index contributed by atoms with van der Waals surface area (Å²) in [5.74, 6) is 1.26. The summed E-state index contributed by atoms with van der Waals surface area (Å²) in [6.45, 7) is 4.40. The Balaban J connectivity index is 1.21. The van der Waals surface area contributed by atoms with E-state index in [-0.39, 0.29) is 6.10 Å². The first-order valence-electron chi connectivity index (χ1n) is 11.7. The molecular formula is C28H32ClNO3. The molecule has 1 aliphatic heterocycles. The summed E-state index contributed by atoms with van der Waals surface area (Å²) in [6.07, 6.45) is 2.05. The van der Waals surface area contributed by atoms with E-state index in [2.05, 4.69) is 47.8 Å².